The van der Waals surface area contributed by atoms with Gasteiger partial charge < -0.3 is 15.4 Å². The van der Waals surface area contributed by atoms with Gasteiger partial charge in [-0.15, -0.1) is 11.3 Å². The molecule has 1 atom stereocenters. The predicted molar refractivity (Wildman–Crippen MR) is 106 cm³/mol. The SMILES string of the molecule is CN(CC(c1cccs1)N1CCOCC1)C(=O)CC1(CN)CCCCC1. The highest BCUT2D eigenvalue weighted by molar-refractivity contribution is 7.10. The minimum atomic E-state index is 0.0288. The lowest BCUT2D eigenvalue weighted by Gasteiger charge is -2.39. The maximum absolute atomic E-state index is 13.0. The van der Waals surface area contributed by atoms with Gasteiger partial charge in [0.05, 0.1) is 19.3 Å². The summed E-state index contributed by atoms with van der Waals surface area (Å²) in [6.45, 7) is 4.77. The van der Waals surface area contributed by atoms with Crippen molar-refractivity contribution in [2.75, 3.05) is 46.4 Å². The average molecular weight is 380 g/mol. The van der Waals surface area contributed by atoms with Gasteiger partial charge in [0.25, 0.3) is 0 Å². The van der Waals surface area contributed by atoms with Crippen LogP contribution in [0.2, 0.25) is 0 Å². The maximum Gasteiger partial charge on any atom is 0.222 e. The number of hydrogen-bond acceptors (Lipinski definition) is 5. The molecule has 2 fully saturated rings. The van der Waals surface area contributed by atoms with Gasteiger partial charge in [0.2, 0.25) is 5.91 Å². The Morgan fingerprint density at radius 2 is 2.08 bits per heavy atom. The van der Waals surface area contributed by atoms with Crippen LogP contribution in [0.3, 0.4) is 0 Å². The topological polar surface area (TPSA) is 58.8 Å². The van der Waals surface area contributed by atoms with E-state index in [1.165, 1.54) is 24.1 Å². The van der Waals surface area contributed by atoms with Gasteiger partial charge in [-0.2, -0.15) is 0 Å². The highest BCUT2D eigenvalue weighted by Gasteiger charge is 2.35. The lowest BCUT2D eigenvalue weighted by Crippen LogP contribution is -2.45. The first-order valence-electron chi connectivity index (χ1n) is 9.93. The van der Waals surface area contributed by atoms with Gasteiger partial charge >= 0.3 is 0 Å². The quantitative estimate of drug-likeness (QED) is 0.791. The molecule has 2 heterocycles. The number of likely N-dealkylation sites (N-methyl/N-ethyl adjacent to an activating group) is 1. The highest BCUT2D eigenvalue weighted by Crippen LogP contribution is 2.39. The van der Waals surface area contributed by atoms with E-state index in [4.69, 9.17) is 10.5 Å². The third-order valence-electron chi connectivity index (χ3n) is 6.10. The molecule has 146 valence electrons. The molecule has 0 bridgehead atoms. The summed E-state index contributed by atoms with van der Waals surface area (Å²) in [5.74, 6) is 0.243. The first-order valence-corrected chi connectivity index (χ1v) is 10.8. The van der Waals surface area contributed by atoms with Gasteiger partial charge in [-0.05, 0) is 36.2 Å². The normalized spacial score (nSPS) is 22.1. The van der Waals surface area contributed by atoms with Crippen LogP contribution < -0.4 is 5.73 Å². The zero-order chi connectivity index (χ0) is 18.4. The fourth-order valence-electron chi connectivity index (χ4n) is 4.33. The number of hydrogen-bond donors (Lipinski definition) is 1. The smallest absolute Gasteiger partial charge is 0.222 e. The van der Waals surface area contributed by atoms with E-state index in [1.807, 2.05) is 11.9 Å². The van der Waals surface area contributed by atoms with Gasteiger partial charge in [-0.25, -0.2) is 0 Å². The van der Waals surface area contributed by atoms with Crippen LogP contribution in [0.1, 0.15) is 49.4 Å². The molecule has 0 radical (unpaired) electrons. The van der Waals surface area contributed by atoms with Crippen LogP contribution in [0.4, 0.5) is 0 Å². The first kappa shape index (κ1) is 19.8. The minimum absolute atomic E-state index is 0.0288. The second-order valence-corrected chi connectivity index (χ2v) is 8.87. The Kier molecular flexibility index (Phi) is 7.09. The molecule has 1 saturated carbocycles. The molecule has 0 aromatic carbocycles. The number of thiophene rings is 1. The largest absolute Gasteiger partial charge is 0.379 e. The number of amides is 1. The van der Waals surface area contributed by atoms with Crippen molar-refractivity contribution >= 4 is 17.2 Å². The van der Waals surface area contributed by atoms with Gasteiger partial charge in [0.15, 0.2) is 0 Å². The fourth-order valence-corrected chi connectivity index (χ4v) is 5.18. The van der Waals surface area contributed by atoms with Gasteiger partial charge in [0, 0.05) is 38.0 Å². The van der Waals surface area contributed by atoms with Gasteiger partial charge in [-0.3, -0.25) is 9.69 Å². The molecule has 5 nitrogen and oxygen atoms in total. The van der Waals surface area contributed by atoms with E-state index in [1.54, 1.807) is 11.3 Å². The molecule has 2 N–H and O–H groups in total. The Balaban J connectivity index is 1.64. The molecule has 1 aliphatic carbocycles. The highest BCUT2D eigenvalue weighted by atomic mass is 32.1. The van der Waals surface area contributed by atoms with E-state index in [0.717, 1.165) is 45.7 Å². The monoisotopic (exact) mass is 379 g/mol. The minimum Gasteiger partial charge on any atom is -0.379 e. The van der Waals surface area contributed by atoms with Gasteiger partial charge in [-0.1, -0.05) is 25.3 Å². The van der Waals surface area contributed by atoms with E-state index in [2.05, 4.69) is 22.4 Å². The summed E-state index contributed by atoms with van der Waals surface area (Å²) >= 11 is 1.78. The Morgan fingerprint density at radius 1 is 1.35 bits per heavy atom. The number of nitrogens with two attached hydrogens (primary N) is 1. The standard InChI is InChI=1S/C20H33N3O2S/c1-22(19(24)14-20(16-21)7-3-2-4-8-20)15-17(18-6-5-13-26-18)23-9-11-25-12-10-23/h5-6,13,17H,2-4,7-12,14-16,21H2,1H3. The second kappa shape index (κ2) is 9.31. The molecule has 0 spiro atoms. The summed E-state index contributed by atoms with van der Waals surface area (Å²) in [6.07, 6.45) is 6.49. The van der Waals surface area contributed by atoms with Crippen LogP contribution in [0.15, 0.2) is 17.5 Å². The van der Waals surface area contributed by atoms with Crippen molar-refractivity contribution in [1.29, 1.82) is 0 Å². The maximum atomic E-state index is 13.0. The number of ether oxygens (including phenoxy) is 1. The van der Waals surface area contributed by atoms with Crippen LogP contribution >= 0.6 is 11.3 Å². The molecule has 1 aliphatic heterocycles. The Labute approximate surface area is 161 Å². The molecule has 26 heavy (non-hydrogen) atoms. The number of carbonyl (C=O) groups excluding carboxylic acids is 1. The van der Waals surface area contributed by atoms with Crippen molar-refractivity contribution in [3.05, 3.63) is 22.4 Å². The van der Waals surface area contributed by atoms with E-state index >= 15 is 0 Å². The lowest BCUT2D eigenvalue weighted by molar-refractivity contribution is -0.134. The zero-order valence-corrected chi connectivity index (χ0v) is 16.8. The molecule has 1 saturated heterocycles. The van der Waals surface area contributed by atoms with E-state index in [9.17, 15) is 4.79 Å². The van der Waals surface area contributed by atoms with Crippen LogP contribution in [0.25, 0.3) is 0 Å². The molecule has 1 amide bonds. The molecule has 1 aromatic heterocycles. The number of nitrogens with zero attached hydrogens (tertiary/aromatic N) is 2. The molecular formula is C20H33N3O2S. The summed E-state index contributed by atoms with van der Waals surface area (Å²) in [6, 6.07) is 4.54. The number of morpholine rings is 1. The molecule has 1 aromatic rings. The summed E-state index contributed by atoms with van der Waals surface area (Å²) in [5.41, 5.74) is 6.12. The van der Waals surface area contributed by atoms with Crippen molar-refractivity contribution in [3.63, 3.8) is 0 Å². The zero-order valence-electron chi connectivity index (χ0n) is 16.0. The van der Waals surface area contributed by atoms with E-state index < -0.39 is 0 Å². The molecule has 3 rings (SSSR count). The summed E-state index contributed by atoms with van der Waals surface area (Å²) in [4.78, 5) is 18.7. The Morgan fingerprint density at radius 3 is 2.69 bits per heavy atom. The van der Waals surface area contributed by atoms with Crippen molar-refractivity contribution in [2.45, 2.75) is 44.6 Å². The molecule has 1 unspecified atom stereocenters. The van der Waals surface area contributed by atoms with Crippen LogP contribution in [0, 0.1) is 5.41 Å². The predicted octanol–water partition coefficient (Wildman–Crippen LogP) is 2.88. The average Bonchev–Trinajstić information content (AvgIpc) is 3.21. The fraction of sp³-hybridized carbons (Fsp3) is 0.750. The van der Waals surface area contributed by atoms with Crippen molar-refractivity contribution in [3.8, 4) is 0 Å². The second-order valence-electron chi connectivity index (χ2n) is 7.90. The van der Waals surface area contributed by atoms with E-state index in [-0.39, 0.29) is 17.4 Å². The van der Waals surface area contributed by atoms with Gasteiger partial charge in [0.1, 0.15) is 0 Å². The van der Waals surface area contributed by atoms with E-state index in [0.29, 0.717) is 13.0 Å². The van der Waals surface area contributed by atoms with Crippen molar-refractivity contribution in [1.82, 2.24) is 9.80 Å². The lowest BCUT2D eigenvalue weighted by atomic mass is 9.71. The third kappa shape index (κ3) is 4.85. The third-order valence-corrected chi connectivity index (χ3v) is 7.08. The first-order chi connectivity index (χ1) is 12.6. The van der Waals surface area contributed by atoms with Crippen LogP contribution in [0.5, 0.6) is 0 Å². The Hall–Kier alpha value is -0.950. The molecular weight excluding hydrogens is 346 g/mol. The molecule has 2 aliphatic rings. The summed E-state index contributed by atoms with van der Waals surface area (Å²) in [5, 5.41) is 2.12. The van der Waals surface area contributed by atoms with Crippen molar-refractivity contribution in [2.24, 2.45) is 11.1 Å². The summed E-state index contributed by atoms with van der Waals surface area (Å²) in [7, 11) is 1.95. The van der Waals surface area contributed by atoms with Crippen LogP contribution in [-0.4, -0.2) is 62.1 Å². The number of carbonyl (C=O) groups is 1. The Bertz CT molecular complexity index is 551. The van der Waals surface area contributed by atoms with Crippen molar-refractivity contribution < 1.29 is 9.53 Å². The summed E-state index contributed by atoms with van der Waals surface area (Å²) < 4.78 is 5.52. The van der Waals surface area contributed by atoms with Crippen LogP contribution in [-0.2, 0) is 9.53 Å². The number of rotatable bonds is 7. The molecule has 6 heteroatoms.